The molecule has 0 radical (unpaired) electrons. The van der Waals surface area contributed by atoms with Gasteiger partial charge < -0.3 is 14.4 Å². The lowest BCUT2D eigenvalue weighted by Gasteiger charge is -2.22. The predicted molar refractivity (Wildman–Crippen MR) is 96.7 cm³/mol. The molecule has 6 nitrogen and oxygen atoms in total. The standard InChI is InChI=1S/C18H22N2O4S/c1-13-15(4-5-16(19-13)14-7-11-25-12-14)18(22)20(9-10-23-2)8-6-17(21)24-3/h4-5,7,11-12H,6,8-10H2,1-3H3. The minimum absolute atomic E-state index is 0.144. The Bertz CT molecular complexity index is 716. The maximum atomic E-state index is 12.9. The highest BCUT2D eigenvalue weighted by Gasteiger charge is 2.19. The third-order valence-corrected chi connectivity index (χ3v) is 4.48. The zero-order chi connectivity index (χ0) is 18.2. The summed E-state index contributed by atoms with van der Waals surface area (Å²) >= 11 is 1.60. The van der Waals surface area contributed by atoms with Crippen molar-refractivity contribution in [3.05, 3.63) is 40.2 Å². The molecule has 0 aliphatic rings. The zero-order valence-corrected chi connectivity index (χ0v) is 15.5. The number of rotatable bonds is 8. The van der Waals surface area contributed by atoms with Crippen LogP contribution in [0.25, 0.3) is 11.3 Å². The Balaban J connectivity index is 2.17. The highest BCUT2D eigenvalue weighted by Crippen LogP contribution is 2.22. The summed E-state index contributed by atoms with van der Waals surface area (Å²) in [5.74, 6) is -0.513. The minimum Gasteiger partial charge on any atom is -0.469 e. The van der Waals surface area contributed by atoms with Crippen LogP contribution >= 0.6 is 11.3 Å². The monoisotopic (exact) mass is 362 g/mol. The first-order chi connectivity index (χ1) is 12.1. The van der Waals surface area contributed by atoms with Gasteiger partial charge in [0.25, 0.3) is 5.91 Å². The fourth-order valence-electron chi connectivity index (χ4n) is 2.37. The second kappa shape index (κ2) is 9.29. The molecule has 2 aromatic heterocycles. The van der Waals surface area contributed by atoms with Gasteiger partial charge in [0.05, 0.1) is 37.1 Å². The van der Waals surface area contributed by atoms with Crippen LogP contribution in [0.1, 0.15) is 22.5 Å². The molecule has 0 N–H and O–H groups in total. The zero-order valence-electron chi connectivity index (χ0n) is 14.7. The van der Waals surface area contributed by atoms with Crippen molar-refractivity contribution in [2.24, 2.45) is 0 Å². The van der Waals surface area contributed by atoms with Crippen molar-refractivity contribution < 1.29 is 19.1 Å². The molecule has 0 unspecified atom stereocenters. The third-order valence-electron chi connectivity index (χ3n) is 3.80. The van der Waals surface area contributed by atoms with Gasteiger partial charge in [-0.15, -0.1) is 0 Å². The third kappa shape index (κ3) is 5.11. The molecule has 0 fully saturated rings. The van der Waals surface area contributed by atoms with Gasteiger partial charge in [0.1, 0.15) is 0 Å². The van der Waals surface area contributed by atoms with Crippen molar-refractivity contribution in [2.45, 2.75) is 13.3 Å². The lowest BCUT2D eigenvalue weighted by Crippen LogP contribution is -2.36. The molecule has 0 aromatic carbocycles. The van der Waals surface area contributed by atoms with E-state index < -0.39 is 0 Å². The van der Waals surface area contributed by atoms with Gasteiger partial charge in [-0.1, -0.05) is 0 Å². The fraction of sp³-hybridized carbons (Fsp3) is 0.389. The second-order valence-electron chi connectivity index (χ2n) is 5.45. The number of nitrogens with zero attached hydrogens (tertiary/aromatic N) is 2. The van der Waals surface area contributed by atoms with Gasteiger partial charge in [-0.25, -0.2) is 0 Å². The molecule has 0 saturated carbocycles. The molecule has 0 aliphatic heterocycles. The molecule has 25 heavy (non-hydrogen) atoms. The van der Waals surface area contributed by atoms with Crippen LogP contribution in [0.2, 0.25) is 0 Å². The van der Waals surface area contributed by atoms with Gasteiger partial charge in [0.15, 0.2) is 0 Å². The van der Waals surface area contributed by atoms with E-state index >= 15 is 0 Å². The summed E-state index contributed by atoms with van der Waals surface area (Å²) in [7, 11) is 2.91. The van der Waals surface area contributed by atoms with E-state index in [0.717, 1.165) is 11.3 Å². The van der Waals surface area contributed by atoms with Crippen molar-refractivity contribution in [2.75, 3.05) is 33.9 Å². The molecule has 1 amide bonds. The second-order valence-corrected chi connectivity index (χ2v) is 6.23. The number of aromatic nitrogens is 1. The molecular formula is C18H22N2O4S. The van der Waals surface area contributed by atoms with Crippen molar-refractivity contribution in [1.82, 2.24) is 9.88 Å². The average molecular weight is 362 g/mol. The Hall–Kier alpha value is -2.25. The first-order valence-corrected chi connectivity index (χ1v) is 8.86. The summed E-state index contributed by atoms with van der Waals surface area (Å²) in [6, 6.07) is 5.63. The number of hydrogen-bond donors (Lipinski definition) is 0. The van der Waals surface area contributed by atoms with E-state index in [0.29, 0.717) is 24.4 Å². The van der Waals surface area contributed by atoms with Gasteiger partial charge in [0, 0.05) is 31.1 Å². The van der Waals surface area contributed by atoms with Gasteiger partial charge in [-0.05, 0) is 30.5 Å². The van der Waals surface area contributed by atoms with Gasteiger partial charge in [-0.2, -0.15) is 11.3 Å². The number of aryl methyl sites for hydroxylation is 1. The molecule has 134 valence electrons. The summed E-state index contributed by atoms with van der Waals surface area (Å²) in [4.78, 5) is 30.4. The summed E-state index contributed by atoms with van der Waals surface area (Å²) in [5.41, 5.74) is 3.07. The van der Waals surface area contributed by atoms with Gasteiger partial charge >= 0.3 is 5.97 Å². The summed E-state index contributed by atoms with van der Waals surface area (Å²) in [5, 5.41) is 4.01. The van der Waals surface area contributed by atoms with Crippen LogP contribution < -0.4 is 0 Å². The Morgan fingerprint density at radius 2 is 2.00 bits per heavy atom. The number of ether oxygens (including phenoxy) is 2. The van der Waals surface area contributed by atoms with Crippen molar-refractivity contribution >= 4 is 23.2 Å². The molecule has 2 rings (SSSR count). The first-order valence-electron chi connectivity index (χ1n) is 7.92. The summed E-state index contributed by atoms with van der Waals surface area (Å²) in [6.45, 7) is 2.89. The van der Waals surface area contributed by atoms with E-state index in [1.807, 2.05) is 29.8 Å². The largest absolute Gasteiger partial charge is 0.469 e. The molecule has 0 aliphatic carbocycles. The highest BCUT2D eigenvalue weighted by molar-refractivity contribution is 7.08. The number of methoxy groups -OCH3 is 2. The average Bonchev–Trinajstić information content (AvgIpc) is 3.15. The molecule has 2 heterocycles. The molecular weight excluding hydrogens is 340 g/mol. The molecule has 0 atom stereocenters. The predicted octanol–water partition coefficient (Wildman–Crippen LogP) is 2.77. The van der Waals surface area contributed by atoms with E-state index in [1.165, 1.54) is 7.11 Å². The first kappa shape index (κ1) is 19.1. The fourth-order valence-corrected chi connectivity index (χ4v) is 3.02. The number of thiophene rings is 1. The van der Waals surface area contributed by atoms with E-state index in [-0.39, 0.29) is 24.8 Å². The van der Waals surface area contributed by atoms with E-state index in [2.05, 4.69) is 9.72 Å². The van der Waals surface area contributed by atoms with Crippen LogP contribution in [0.15, 0.2) is 29.0 Å². The van der Waals surface area contributed by atoms with Crippen molar-refractivity contribution in [3.63, 3.8) is 0 Å². The number of pyridine rings is 1. The van der Waals surface area contributed by atoms with Crippen LogP contribution in [0, 0.1) is 6.92 Å². The van der Waals surface area contributed by atoms with E-state index in [1.54, 1.807) is 29.4 Å². The number of carbonyl (C=O) groups excluding carboxylic acids is 2. The maximum Gasteiger partial charge on any atom is 0.307 e. The number of carbonyl (C=O) groups is 2. The number of esters is 1. The summed E-state index contributed by atoms with van der Waals surface area (Å²) < 4.78 is 9.72. The van der Waals surface area contributed by atoms with Crippen molar-refractivity contribution in [1.29, 1.82) is 0 Å². The normalized spacial score (nSPS) is 10.5. The Kier molecular flexibility index (Phi) is 7.09. The van der Waals surface area contributed by atoms with E-state index in [9.17, 15) is 9.59 Å². The maximum absolute atomic E-state index is 12.9. The topological polar surface area (TPSA) is 68.7 Å². The SMILES string of the molecule is COCCN(CCC(=O)OC)C(=O)c1ccc(-c2ccsc2)nc1C. The molecule has 0 spiro atoms. The van der Waals surface area contributed by atoms with Gasteiger partial charge in [-0.3, -0.25) is 14.6 Å². The summed E-state index contributed by atoms with van der Waals surface area (Å²) in [6.07, 6.45) is 0.144. The molecule has 2 aromatic rings. The molecule has 0 saturated heterocycles. The smallest absolute Gasteiger partial charge is 0.307 e. The van der Waals surface area contributed by atoms with Crippen LogP contribution in [0.3, 0.4) is 0 Å². The lowest BCUT2D eigenvalue weighted by molar-refractivity contribution is -0.140. The van der Waals surface area contributed by atoms with Gasteiger partial charge in [0.2, 0.25) is 0 Å². The van der Waals surface area contributed by atoms with E-state index in [4.69, 9.17) is 4.74 Å². The quantitative estimate of drug-likeness (QED) is 0.676. The number of amides is 1. The number of hydrogen-bond acceptors (Lipinski definition) is 6. The molecule has 0 bridgehead atoms. The van der Waals surface area contributed by atoms with Crippen LogP contribution in [-0.2, 0) is 14.3 Å². The van der Waals surface area contributed by atoms with Crippen molar-refractivity contribution in [3.8, 4) is 11.3 Å². The molecule has 7 heteroatoms. The van der Waals surface area contributed by atoms with Crippen LogP contribution in [0.5, 0.6) is 0 Å². The van der Waals surface area contributed by atoms with Crippen LogP contribution in [-0.4, -0.2) is 55.7 Å². The Labute approximate surface area is 151 Å². The Morgan fingerprint density at radius 1 is 1.20 bits per heavy atom. The lowest BCUT2D eigenvalue weighted by atomic mass is 10.1. The highest BCUT2D eigenvalue weighted by atomic mass is 32.1. The van der Waals surface area contributed by atoms with Crippen LogP contribution in [0.4, 0.5) is 0 Å². The minimum atomic E-state index is -0.349. The Morgan fingerprint density at radius 3 is 2.60 bits per heavy atom.